The molecule has 0 aliphatic carbocycles. The number of hydrogen-bond acceptors (Lipinski definition) is 16. The second-order valence-electron chi connectivity index (χ2n) is 16.8. The number of halogens is 1. The predicted octanol–water partition coefficient (Wildman–Crippen LogP) is 7.52. The van der Waals surface area contributed by atoms with Gasteiger partial charge in [0.1, 0.15) is 0 Å². The lowest BCUT2D eigenvalue weighted by molar-refractivity contribution is -0.0851. The summed E-state index contributed by atoms with van der Waals surface area (Å²) >= 11 is 3.30. The van der Waals surface area contributed by atoms with Crippen molar-refractivity contribution >= 4 is 15.9 Å². The Balaban J connectivity index is -0.000000490. The molecular weight excluding hydrogens is 1020 g/mol. The number of hydrogen-bond donors (Lipinski definition) is 7. The van der Waals surface area contributed by atoms with Gasteiger partial charge in [-0.3, -0.25) is 0 Å². The van der Waals surface area contributed by atoms with E-state index in [2.05, 4.69) is 66.2 Å². The number of aliphatic hydroxyl groups is 7. The molecular formula is C57H103BrO16. The van der Waals surface area contributed by atoms with Gasteiger partial charge >= 0.3 is 0 Å². The summed E-state index contributed by atoms with van der Waals surface area (Å²) < 4.78 is 50.7. The standard InChI is InChI=1S/C27H40O5.C12H26O6.C9H11BrO.C6H14O3.CH4O.2CH4/c1-3-15-30-22-27(4-2,23-31-18-16-28-20-25-11-7-5-8-12-25)24-32-19-17-29-21-26-13-9-6-10-14-26;1-2-12(9-16-6-3-13,10-17-7-4-14)11-18-8-5-15;10-6-7-11-8-9-4-2-1-3-5-9;1-2-6(3-7,4-8)5-9;1-2;;/h5-14H,3-4,15-24H2,1-2H3;13-15H,2-11H2,1H3;1-5H,6-8H2;7-9H,2-5H2,1H3;2H,1H3;2*1H4. The van der Waals surface area contributed by atoms with E-state index in [9.17, 15) is 0 Å². The van der Waals surface area contributed by atoms with E-state index < -0.39 is 5.41 Å². The molecule has 0 radical (unpaired) electrons. The second-order valence-corrected chi connectivity index (χ2v) is 17.6. The molecule has 0 unspecified atom stereocenters. The quantitative estimate of drug-likeness (QED) is 0.0216. The van der Waals surface area contributed by atoms with Crippen LogP contribution in [0.4, 0.5) is 0 Å². The molecule has 0 fully saturated rings. The fourth-order valence-corrected chi connectivity index (χ4v) is 6.23. The maximum atomic E-state index is 8.71. The van der Waals surface area contributed by atoms with Crippen LogP contribution in [0.3, 0.4) is 0 Å². The highest BCUT2D eigenvalue weighted by atomic mass is 79.9. The minimum Gasteiger partial charge on any atom is -0.400 e. The Bertz CT molecular complexity index is 1400. The molecule has 17 heteroatoms. The highest BCUT2D eigenvalue weighted by Crippen LogP contribution is 2.25. The number of benzene rings is 3. The van der Waals surface area contributed by atoms with Gasteiger partial charge in [-0.25, -0.2) is 0 Å². The van der Waals surface area contributed by atoms with E-state index in [1.165, 1.54) is 16.7 Å². The van der Waals surface area contributed by atoms with Gasteiger partial charge in [0.25, 0.3) is 0 Å². The Morgan fingerprint density at radius 3 is 0.838 bits per heavy atom. The first-order valence-corrected chi connectivity index (χ1v) is 26.3. The zero-order valence-corrected chi connectivity index (χ0v) is 45.9. The first-order valence-electron chi connectivity index (χ1n) is 25.2. The van der Waals surface area contributed by atoms with Crippen LogP contribution in [0, 0.1) is 16.2 Å². The molecule has 0 bridgehead atoms. The molecule has 0 spiro atoms. The summed E-state index contributed by atoms with van der Waals surface area (Å²) in [6, 6.07) is 30.5. The average Bonchev–Trinajstić information content (AvgIpc) is 3.43. The van der Waals surface area contributed by atoms with E-state index in [1.54, 1.807) is 0 Å². The monoisotopic (exact) mass is 1120 g/mol. The maximum absolute atomic E-state index is 8.71. The van der Waals surface area contributed by atoms with E-state index >= 15 is 0 Å². The third kappa shape index (κ3) is 41.6. The lowest BCUT2D eigenvalue weighted by Gasteiger charge is -2.32. The van der Waals surface area contributed by atoms with E-state index in [1.807, 2.05) is 68.4 Å². The average molecular weight is 1120 g/mol. The Morgan fingerprint density at radius 2 is 0.608 bits per heavy atom. The molecule has 0 aromatic heterocycles. The molecule has 3 aromatic carbocycles. The molecule has 0 saturated heterocycles. The van der Waals surface area contributed by atoms with Crippen LogP contribution >= 0.6 is 15.9 Å². The molecule has 0 amide bonds. The SMILES string of the molecule is BrCCOCc1ccccc1.C.C.CCC(CO)(CO)CO.CCC(COCCO)(COCCO)COCCO.CCCOCC(CC)(COCCOCc1ccccc1)COCCOCc1ccccc1.CO. The molecule has 3 rings (SSSR count). The smallest absolute Gasteiger partial charge is 0.0718 e. The first kappa shape index (κ1) is 78.0. The fraction of sp³-hybridized carbons (Fsp3) is 0.684. The minimum atomic E-state index is -0.667. The van der Waals surface area contributed by atoms with Crippen LogP contribution in [0.1, 0.15) is 84.9 Å². The normalized spacial score (nSPS) is 11.0. The van der Waals surface area contributed by atoms with Crippen molar-refractivity contribution < 1.29 is 78.4 Å². The van der Waals surface area contributed by atoms with Gasteiger partial charge in [-0.2, -0.15) is 0 Å². The van der Waals surface area contributed by atoms with Gasteiger partial charge in [-0.15, -0.1) is 0 Å². The molecule has 0 atom stereocenters. The molecule has 0 saturated carbocycles. The summed E-state index contributed by atoms with van der Waals surface area (Å²) in [5.74, 6) is 0. The molecule has 74 heavy (non-hydrogen) atoms. The van der Waals surface area contributed by atoms with Crippen molar-refractivity contribution in [3.8, 4) is 0 Å². The predicted molar refractivity (Wildman–Crippen MR) is 300 cm³/mol. The summed E-state index contributed by atoms with van der Waals surface area (Å²) in [5, 5.41) is 60.0. The maximum Gasteiger partial charge on any atom is 0.0718 e. The largest absolute Gasteiger partial charge is 0.400 e. The van der Waals surface area contributed by atoms with Crippen LogP contribution in [0.15, 0.2) is 91.0 Å². The number of rotatable bonds is 40. The van der Waals surface area contributed by atoms with Crippen LogP contribution in [0.25, 0.3) is 0 Å². The molecule has 0 aliphatic rings. The van der Waals surface area contributed by atoms with E-state index in [4.69, 9.17) is 78.4 Å². The number of aliphatic hydroxyl groups excluding tert-OH is 7. The Morgan fingerprint density at radius 1 is 0.351 bits per heavy atom. The van der Waals surface area contributed by atoms with Gasteiger partial charge in [-0.05, 0) is 42.4 Å². The fourth-order valence-electron chi connectivity index (χ4n) is 6.00. The molecule has 0 aliphatic heterocycles. The van der Waals surface area contributed by atoms with Gasteiger partial charge in [0.15, 0.2) is 0 Å². The Kier molecular flexibility index (Phi) is 59.8. The van der Waals surface area contributed by atoms with Gasteiger partial charge in [0.2, 0.25) is 0 Å². The van der Waals surface area contributed by atoms with Crippen molar-refractivity contribution in [2.75, 3.05) is 151 Å². The lowest BCUT2D eigenvalue weighted by Crippen LogP contribution is -2.37. The van der Waals surface area contributed by atoms with Crippen molar-refractivity contribution in [1.82, 2.24) is 0 Å². The Hall–Kier alpha value is -2.50. The minimum absolute atomic E-state index is 0. The highest BCUT2D eigenvalue weighted by molar-refractivity contribution is 9.09. The van der Waals surface area contributed by atoms with Crippen molar-refractivity contribution in [2.24, 2.45) is 16.2 Å². The summed E-state index contributed by atoms with van der Waals surface area (Å²) in [5.41, 5.74) is 2.44. The summed E-state index contributed by atoms with van der Waals surface area (Å²) in [6.07, 6.45) is 3.31. The number of ether oxygens (including phenoxy) is 9. The third-order valence-electron chi connectivity index (χ3n) is 11.1. The van der Waals surface area contributed by atoms with Gasteiger partial charge < -0.3 is 78.4 Å². The van der Waals surface area contributed by atoms with Crippen LogP contribution in [-0.2, 0) is 62.5 Å². The van der Waals surface area contributed by atoms with E-state index in [-0.39, 0.29) is 85.1 Å². The Labute approximate surface area is 455 Å². The lowest BCUT2D eigenvalue weighted by atomic mass is 9.88. The molecule has 7 N–H and O–H groups in total. The van der Waals surface area contributed by atoms with Crippen LogP contribution in [-0.4, -0.2) is 187 Å². The molecule has 16 nitrogen and oxygen atoms in total. The zero-order chi connectivity index (χ0) is 53.7. The van der Waals surface area contributed by atoms with Gasteiger partial charge in [-0.1, -0.05) is 149 Å². The van der Waals surface area contributed by atoms with Crippen molar-refractivity contribution in [2.45, 2.75) is 88.1 Å². The van der Waals surface area contributed by atoms with E-state index in [0.717, 1.165) is 44.9 Å². The molecule has 434 valence electrons. The van der Waals surface area contributed by atoms with Gasteiger partial charge in [0, 0.05) is 35.3 Å². The van der Waals surface area contributed by atoms with Crippen LogP contribution in [0.2, 0.25) is 0 Å². The zero-order valence-electron chi connectivity index (χ0n) is 44.3. The number of alkyl halides is 1. The van der Waals surface area contributed by atoms with Crippen LogP contribution < -0.4 is 0 Å². The van der Waals surface area contributed by atoms with Gasteiger partial charge in [0.05, 0.1) is 152 Å². The van der Waals surface area contributed by atoms with Crippen molar-refractivity contribution in [3.05, 3.63) is 108 Å². The second kappa shape index (κ2) is 56.7. The summed E-state index contributed by atoms with van der Waals surface area (Å²) in [7, 11) is 1.00. The molecule has 3 aromatic rings. The summed E-state index contributed by atoms with van der Waals surface area (Å²) in [6.45, 7) is 17.2. The highest BCUT2D eigenvalue weighted by Gasteiger charge is 2.31. The van der Waals surface area contributed by atoms with Crippen molar-refractivity contribution in [3.63, 3.8) is 0 Å². The summed E-state index contributed by atoms with van der Waals surface area (Å²) in [4.78, 5) is 0. The van der Waals surface area contributed by atoms with Crippen molar-refractivity contribution in [1.29, 1.82) is 0 Å². The molecule has 0 heterocycles. The van der Waals surface area contributed by atoms with Crippen LogP contribution in [0.5, 0.6) is 0 Å². The van der Waals surface area contributed by atoms with E-state index in [0.29, 0.717) is 92.3 Å². The first-order chi connectivity index (χ1) is 35.2. The topological polar surface area (TPSA) is 225 Å². The third-order valence-corrected chi connectivity index (χ3v) is 11.4.